The Hall–Kier alpha value is -9.12. The molecule has 320 valence electrons. The van der Waals surface area contributed by atoms with Crippen molar-refractivity contribution >= 4 is 93.5 Å². The van der Waals surface area contributed by atoms with Crippen LogP contribution in [0.1, 0.15) is 22.3 Å². The minimum atomic E-state index is -0.634. The Morgan fingerprint density at radius 3 is 1.80 bits per heavy atom. The van der Waals surface area contributed by atoms with Gasteiger partial charge in [-0.05, 0) is 116 Å². The zero-order valence-corrected chi connectivity index (χ0v) is 37.2. The fourth-order valence-electron chi connectivity index (χ4n) is 12.7. The fourth-order valence-corrected chi connectivity index (χ4v) is 12.7. The summed E-state index contributed by atoms with van der Waals surface area (Å²) < 4.78 is 16.4. The summed E-state index contributed by atoms with van der Waals surface area (Å²) in [4.78, 5) is 2.46. The van der Waals surface area contributed by atoms with Crippen LogP contribution >= 0.6 is 0 Å². The van der Waals surface area contributed by atoms with E-state index in [1.165, 1.54) is 60.5 Å². The third-order valence-electron chi connectivity index (χ3n) is 15.4. The van der Waals surface area contributed by atoms with Crippen LogP contribution in [0.3, 0.4) is 0 Å². The lowest BCUT2D eigenvalue weighted by molar-refractivity contribution is 0.669. The van der Waals surface area contributed by atoms with Crippen LogP contribution in [0, 0.1) is 0 Å². The van der Waals surface area contributed by atoms with E-state index >= 15 is 0 Å². The van der Waals surface area contributed by atoms with Crippen molar-refractivity contribution in [3.8, 4) is 27.9 Å². The molecular formula is C65H38N2O2. The topological polar surface area (TPSA) is 34.5 Å². The van der Waals surface area contributed by atoms with E-state index in [4.69, 9.17) is 8.83 Å². The van der Waals surface area contributed by atoms with E-state index < -0.39 is 5.41 Å². The first-order valence-electron chi connectivity index (χ1n) is 23.7. The van der Waals surface area contributed by atoms with E-state index in [2.05, 4.69) is 234 Å². The minimum Gasteiger partial charge on any atom is -0.456 e. The largest absolute Gasteiger partial charge is 0.456 e. The molecule has 3 heterocycles. The average molecular weight is 879 g/mol. The Bertz CT molecular complexity index is 4510. The van der Waals surface area contributed by atoms with E-state index in [-0.39, 0.29) is 0 Å². The second-order valence-corrected chi connectivity index (χ2v) is 18.7. The zero-order chi connectivity index (χ0) is 45.0. The maximum Gasteiger partial charge on any atom is 0.145 e. The molecule has 4 heteroatoms. The first-order valence-corrected chi connectivity index (χ1v) is 23.7. The number of nitrogens with zero attached hydrogens (tertiary/aromatic N) is 2. The van der Waals surface area contributed by atoms with Gasteiger partial charge in [-0.1, -0.05) is 158 Å². The lowest BCUT2D eigenvalue weighted by Crippen LogP contribution is -2.26. The van der Waals surface area contributed by atoms with E-state index in [1.807, 2.05) is 6.07 Å². The van der Waals surface area contributed by atoms with Gasteiger partial charge in [0, 0.05) is 55.6 Å². The Morgan fingerprint density at radius 1 is 0.362 bits per heavy atom. The molecule has 0 radical (unpaired) electrons. The van der Waals surface area contributed by atoms with Crippen LogP contribution in [0.2, 0.25) is 0 Å². The molecule has 0 bridgehead atoms. The molecule has 11 aromatic carbocycles. The van der Waals surface area contributed by atoms with Crippen molar-refractivity contribution in [2.75, 3.05) is 4.90 Å². The summed E-state index contributed by atoms with van der Waals surface area (Å²) in [5, 5.41) is 9.19. The molecule has 0 N–H and O–H groups in total. The summed E-state index contributed by atoms with van der Waals surface area (Å²) >= 11 is 0. The molecule has 1 atom stereocenters. The molecule has 3 aromatic heterocycles. The van der Waals surface area contributed by atoms with Crippen LogP contribution in [-0.2, 0) is 5.41 Å². The standard InChI is InChI=1S/C65H38N2O2/c1-2-17-40(18-3-1)67-55-27-13-8-20-44(55)50-36-41(32-35-56(50)67)66(42-31-33-46-45-21-9-14-28-58(45)68-60(46)37-42)57-38-54-62(64-63(57)49-24-10-15-29-59(49)69-64)48-23-7-12-26-52(48)65(54)51-25-11-6-22-47(51)61-43-19-5-4-16-39(43)30-34-53(61)65/h1-38H. The van der Waals surface area contributed by atoms with Gasteiger partial charge < -0.3 is 18.3 Å². The van der Waals surface area contributed by atoms with Crippen molar-refractivity contribution in [1.82, 2.24) is 4.57 Å². The molecule has 1 unspecified atom stereocenters. The van der Waals surface area contributed by atoms with Gasteiger partial charge in [0.05, 0.1) is 27.5 Å². The monoisotopic (exact) mass is 878 g/mol. The number of hydrogen-bond acceptors (Lipinski definition) is 3. The van der Waals surface area contributed by atoms with Gasteiger partial charge >= 0.3 is 0 Å². The third kappa shape index (κ3) is 4.77. The Kier molecular flexibility index (Phi) is 7.24. The van der Waals surface area contributed by atoms with Crippen LogP contribution in [0.25, 0.3) is 104 Å². The maximum atomic E-state index is 7.31. The summed E-state index contributed by atoms with van der Waals surface area (Å²) in [5.41, 5.74) is 19.3. The van der Waals surface area contributed by atoms with Gasteiger partial charge in [0.1, 0.15) is 22.3 Å². The molecule has 0 saturated carbocycles. The van der Waals surface area contributed by atoms with E-state index in [0.717, 1.165) is 83.2 Å². The summed E-state index contributed by atoms with van der Waals surface area (Å²) in [6.07, 6.45) is 0. The molecule has 16 rings (SSSR count). The van der Waals surface area contributed by atoms with Crippen LogP contribution in [0.15, 0.2) is 239 Å². The highest BCUT2D eigenvalue weighted by Crippen LogP contribution is 2.66. The summed E-state index contributed by atoms with van der Waals surface area (Å²) in [6.45, 7) is 0. The molecule has 0 aliphatic heterocycles. The van der Waals surface area contributed by atoms with E-state index in [0.29, 0.717) is 0 Å². The quantitative estimate of drug-likeness (QED) is 0.177. The molecule has 2 aliphatic carbocycles. The van der Waals surface area contributed by atoms with Crippen LogP contribution in [0.5, 0.6) is 0 Å². The second kappa shape index (κ2) is 13.5. The number of fused-ring (bicyclic) bond motifs is 22. The number of hydrogen-bond donors (Lipinski definition) is 0. The average Bonchev–Trinajstić information content (AvgIpc) is 4.21. The number of benzene rings is 11. The van der Waals surface area contributed by atoms with Gasteiger partial charge in [-0.2, -0.15) is 0 Å². The third-order valence-corrected chi connectivity index (χ3v) is 15.4. The second-order valence-electron chi connectivity index (χ2n) is 18.7. The number of furan rings is 2. The first kappa shape index (κ1) is 37.0. The predicted molar refractivity (Wildman–Crippen MR) is 284 cm³/mol. The molecule has 4 nitrogen and oxygen atoms in total. The smallest absolute Gasteiger partial charge is 0.145 e. The van der Waals surface area contributed by atoms with E-state index in [1.54, 1.807) is 0 Å². The van der Waals surface area contributed by atoms with Gasteiger partial charge in [-0.25, -0.2) is 0 Å². The number of para-hydroxylation sites is 4. The lowest BCUT2D eigenvalue weighted by Gasteiger charge is -2.32. The molecule has 69 heavy (non-hydrogen) atoms. The van der Waals surface area contributed by atoms with Crippen LogP contribution in [0.4, 0.5) is 17.1 Å². The summed E-state index contributed by atoms with van der Waals surface area (Å²) in [7, 11) is 0. The van der Waals surface area contributed by atoms with E-state index in [9.17, 15) is 0 Å². The molecule has 0 amide bonds. The Labute approximate surface area is 396 Å². The van der Waals surface area contributed by atoms with Crippen molar-refractivity contribution < 1.29 is 8.83 Å². The minimum absolute atomic E-state index is 0.634. The Morgan fingerprint density at radius 2 is 0.971 bits per heavy atom. The van der Waals surface area contributed by atoms with Crippen molar-refractivity contribution in [3.63, 3.8) is 0 Å². The normalized spacial score (nSPS) is 14.7. The number of rotatable bonds is 4. The van der Waals surface area contributed by atoms with Crippen molar-refractivity contribution in [3.05, 3.63) is 253 Å². The summed E-state index contributed by atoms with van der Waals surface area (Å²) in [5.74, 6) is 0. The lowest BCUT2D eigenvalue weighted by atomic mass is 9.70. The maximum absolute atomic E-state index is 7.31. The van der Waals surface area contributed by atoms with Gasteiger partial charge in [0.2, 0.25) is 0 Å². The van der Waals surface area contributed by atoms with Gasteiger partial charge in [-0.3, -0.25) is 0 Å². The Balaban J connectivity index is 1.06. The van der Waals surface area contributed by atoms with Crippen molar-refractivity contribution in [1.29, 1.82) is 0 Å². The number of aromatic nitrogens is 1. The predicted octanol–water partition coefficient (Wildman–Crippen LogP) is 17.5. The molecule has 0 saturated heterocycles. The summed E-state index contributed by atoms with van der Waals surface area (Å²) in [6, 6.07) is 84.3. The SMILES string of the molecule is c1ccc(-n2c3ccccc3c3cc(N(c4ccc5c(c4)oc4ccccc45)c4cc5c(c6oc7ccccc7c46)-c4ccccc4C54c5ccccc5-c5c4ccc4ccccc54)ccc32)cc1. The first-order chi connectivity index (χ1) is 34.2. The molecule has 0 fully saturated rings. The van der Waals surface area contributed by atoms with Gasteiger partial charge in [0.25, 0.3) is 0 Å². The number of anilines is 3. The molecular weight excluding hydrogens is 841 g/mol. The van der Waals surface area contributed by atoms with Crippen molar-refractivity contribution in [2.24, 2.45) is 0 Å². The zero-order valence-electron chi connectivity index (χ0n) is 37.2. The van der Waals surface area contributed by atoms with Gasteiger partial charge in [0.15, 0.2) is 0 Å². The molecule has 14 aromatic rings. The molecule has 1 spiro atoms. The van der Waals surface area contributed by atoms with Crippen LogP contribution in [-0.4, -0.2) is 4.57 Å². The van der Waals surface area contributed by atoms with Crippen molar-refractivity contribution in [2.45, 2.75) is 5.41 Å². The molecule has 2 aliphatic rings. The highest BCUT2D eigenvalue weighted by atomic mass is 16.3. The highest BCUT2D eigenvalue weighted by Gasteiger charge is 2.53. The van der Waals surface area contributed by atoms with Gasteiger partial charge in [-0.15, -0.1) is 0 Å². The fraction of sp³-hybridized carbons (Fsp3) is 0.0154. The van der Waals surface area contributed by atoms with Crippen LogP contribution < -0.4 is 4.90 Å². The highest BCUT2D eigenvalue weighted by molar-refractivity contribution is 6.21.